The molecular weight excluding hydrogens is 266 g/mol. The van der Waals surface area contributed by atoms with Crippen LogP contribution in [0.1, 0.15) is 5.56 Å². The second-order valence-electron chi connectivity index (χ2n) is 3.60. The number of nitrogens with zero attached hydrogens (tertiary/aromatic N) is 1. The number of sulfonamides is 1. The molecule has 0 aliphatic carbocycles. The Morgan fingerprint density at radius 3 is 2.88 bits per heavy atom. The molecule has 0 amide bonds. The number of benzene rings is 1. The average molecular weight is 278 g/mol. The fraction of sp³-hybridized carbons (Fsp3) is 0.400. The van der Waals surface area contributed by atoms with Crippen LogP contribution >= 0.6 is 23.4 Å². The third-order valence-electron chi connectivity index (χ3n) is 2.35. The van der Waals surface area contributed by atoms with Crippen LogP contribution in [0.4, 0.5) is 0 Å². The summed E-state index contributed by atoms with van der Waals surface area (Å²) in [6.45, 7) is 0.619. The Labute approximate surface area is 105 Å². The topological polar surface area (TPSA) is 37.4 Å². The van der Waals surface area contributed by atoms with Crippen LogP contribution in [0.2, 0.25) is 5.02 Å². The highest BCUT2D eigenvalue weighted by atomic mass is 35.5. The Morgan fingerprint density at radius 2 is 2.25 bits per heavy atom. The van der Waals surface area contributed by atoms with Gasteiger partial charge in [0, 0.05) is 17.3 Å². The third-order valence-corrected chi connectivity index (χ3v) is 5.51. The average Bonchev–Trinajstić information content (AvgIpc) is 2.69. The first-order valence-electron chi connectivity index (χ1n) is 4.88. The maximum Gasteiger partial charge on any atom is 0.219 e. The molecule has 1 heterocycles. The molecule has 1 aromatic carbocycles. The summed E-state index contributed by atoms with van der Waals surface area (Å²) in [5, 5.41) is 0.573. The third kappa shape index (κ3) is 2.91. The lowest BCUT2D eigenvalue weighted by Gasteiger charge is -2.14. The van der Waals surface area contributed by atoms with Crippen LogP contribution in [-0.4, -0.2) is 30.9 Å². The van der Waals surface area contributed by atoms with Gasteiger partial charge in [-0.25, -0.2) is 8.42 Å². The van der Waals surface area contributed by atoms with E-state index in [1.54, 1.807) is 36.0 Å². The van der Waals surface area contributed by atoms with E-state index in [2.05, 4.69) is 0 Å². The van der Waals surface area contributed by atoms with Gasteiger partial charge in [-0.1, -0.05) is 23.7 Å². The van der Waals surface area contributed by atoms with E-state index in [-0.39, 0.29) is 5.75 Å². The van der Waals surface area contributed by atoms with Gasteiger partial charge in [-0.2, -0.15) is 4.31 Å². The van der Waals surface area contributed by atoms with Crippen LogP contribution in [-0.2, 0) is 15.8 Å². The van der Waals surface area contributed by atoms with Crippen molar-refractivity contribution in [3.8, 4) is 0 Å². The Hall–Kier alpha value is -0.230. The Morgan fingerprint density at radius 1 is 1.44 bits per heavy atom. The van der Waals surface area contributed by atoms with Gasteiger partial charge in [-0.3, -0.25) is 0 Å². The quantitative estimate of drug-likeness (QED) is 0.850. The van der Waals surface area contributed by atoms with E-state index in [0.29, 0.717) is 17.4 Å². The van der Waals surface area contributed by atoms with Gasteiger partial charge >= 0.3 is 0 Å². The van der Waals surface area contributed by atoms with E-state index < -0.39 is 10.0 Å². The van der Waals surface area contributed by atoms with Crippen molar-refractivity contribution in [2.75, 3.05) is 18.2 Å². The van der Waals surface area contributed by atoms with Crippen LogP contribution in [0.25, 0.3) is 0 Å². The van der Waals surface area contributed by atoms with Crippen molar-refractivity contribution in [3.63, 3.8) is 0 Å². The lowest BCUT2D eigenvalue weighted by molar-refractivity contribution is 0.488. The van der Waals surface area contributed by atoms with E-state index in [9.17, 15) is 8.42 Å². The molecule has 1 aliphatic heterocycles. The largest absolute Gasteiger partial charge is 0.219 e. The molecule has 6 heteroatoms. The maximum atomic E-state index is 12.0. The van der Waals surface area contributed by atoms with Crippen LogP contribution < -0.4 is 0 Å². The van der Waals surface area contributed by atoms with E-state index >= 15 is 0 Å². The molecule has 0 aromatic heterocycles. The predicted molar refractivity (Wildman–Crippen MR) is 68.1 cm³/mol. The standard InChI is InChI=1S/C10H12ClNO2S2/c11-10-3-1-2-9(6-10)7-16(13,14)12-4-5-15-8-12/h1-3,6H,4-5,7-8H2. The highest BCUT2D eigenvalue weighted by Gasteiger charge is 2.25. The van der Waals surface area contributed by atoms with Crippen molar-refractivity contribution in [2.24, 2.45) is 0 Å². The summed E-state index contributed by atoms with van der Waals surface area (Å²) >= 11 is 7.46. The maximum absolute atomic E-state index is 12.0. The van der Waals surface area contributed by atoms with E-state index in [1.165, 1.54) is 4.31 Å². The molecule has 0 saturated carbocycles. The van der Waals surface area contributed by atoms with E-state index in [0.717, 1.165) is 11.3 Å². The van der Waals surface area contributed by atoms with Crippen molar-refractivity contribution in [1.29, 1.82) is 0 Å². The molecule has 1 saturated heterocycles. The molecular formula is C10H12ClNO2S2. The smallest absolute Gasteiger partial charge is 0.212 e. The van der Waals surface area contributed by atoms with Crippen molar-refractivity contribution in [1.82, 2.24) is 4.31 Å². The molecule has 3 nitrogen and oxygen atoms in total. The first kappa shape index (κ1) is 12.2. The second-order valence-corrected chi connectivity index (χ2v) is 7.08. The molecule has 0 N–H and O–H groups in total. The molecule has 0 bridgehead atoms. The molecule has 16 heavy (non-hydrogen) atoms. The summed E-state index contributed by atoms with van der Waals surface area (Å²) in [6.07, 6.45) is 0. The van der Waals surface area contributed by atoms with Gasteiger partial charge in [0.15, 0.2) is 0 Å². The summed E-state index contributed by atoms with van der Waals surface area (Å²) in [5.41, 5.74) is 0.740. The molecule has 0 spiro atoms. The Kier molecular flexibility index (Phi) is 3.79. The van der Waals surface area contributed by atoms with Gasteiger partial charge < -0.3 is 0 Å². The molecule has 1 aromatic rings. The summed E-state index contributed by atoms with van der Waals surface area (Å²) in [6, 6.07) is 6.99. The number of hydrogen-bond acceptors (Lipinski definition) is 3. The summed E-state index contributed by atoms with van der Waals surface area (Å²) in [5.74, 6) is 1.49. The monoisotopic (exact) mass is 277 g/mol. The van der Waals surface area contributed by atoms with Crippen molar-refractivity contribution in [3.05, 3.63) is 34.9 Å². The number of hydrogen-bond donors (Lipinski definition) is 0. The highest BCUT2D eigenvalue weighted by Crippen LogP contribution is 2.21. The molecule has 1 aliphatic rings. The summed E-state index contributed by atoms with van der Waals surface area (Å²) in [4.78, 5) is 0. The van der Waals surface area contributed by atoms with Crippen LogP contribution in [0.3, 0.4) is 0 Å². The zero-order valence-electron chi connectivity index (χ0n) is 8.60. The fourth-order valence-corrected chi connectivity index (χ4v) is 4.70. The number of halogens is 1. The molecule has 1 fully saturated rings. The Balaban J connectivity index is 2.14. The van der Waals surface area contributed by atoms with Gasteiger partial charge in [0.2, 0.25) is 10.0 Å². The predicted octanol–water partition coefficient (Wildman–Crippen LogP) is 2.18. The van der Waals surface area contributed by atoms with Crippen LogP contribution in [0, 0.1) is 0 Å². The SMILES string of the molecule is O=S(=O)(Cc1cccc(Cl)c1)N1CCSC1. The minimum Gasteiger partial charge on any atom is -0.212 e. The lowest BCUT2D eigenvalue weighted by Crippen LogP contribution is -2.29. The molecule has 0 radical (unpaired) electrons. The van der Waals surface area contributed by atoms with Crippen LogP contribution in [0.5, 0.6) is 0 Å². The van der Waals surface area contributed by atoms with Crippen molar-refractivity contribution < 1.29 is 8.42 Å². The van der Waals surface area contributed by atoms with Crippen molar-refractivity contribution >= 4 is 33.4 Å². The normalized spacial score (nSPS) is 17.8. The van der Waals surface area contributed by atoms with Crippen molar-refractivity contribution in [2.45, 2.75) is 5.75 Å². The summed E-state index contributed by atoms with van der Waals surface area (Å²) < 4.78 is 25.5. The number of rotatable bonds is 3. The minimum absolute atomic E-state index is 0.0358. The lowest BCUT2D eigenvalue weighted by atomic mass is 10.2. The molecule has 88 valence electrons. The molecule has 0 unspecified atom stereocenters. The van der Waals surface area contributed by atoms with Crippen LogP contribution in [0.15, 0.2) is 24.3 Å². The second kappa shape index (κ2) is 4.96. The molecule has 0 atom stereocenters. The number of thioether (sulfide) groups is 1. The summed E-state index contributed by atoms with van der Waals surface area (Å²) in [7, 11) is -3.18. The first-order valence-corrected chi connectivity index (χ1v) is 8.02. The van der Waals surface area contributed by atoms with Gasteiger partial charge in [-0.15, -0.1) is 11.8 Å². The zero-order valence-corrected chi connectivity index (χ0v) is 11.0. The van der Waals surface area contributed by atoms with E-state index in [4.69, 9.17) is 11.6 Å². The zero-order chi connectivity index (χ0) is 11.6. The van der Waals surface area contributed by atoms with E-state index in [1.807, 2.05) is 0 Å². The van der Waals surface area contributed by atoms with Gasteiger partial charge in [0.05, 0.1) is 11.6 Å². The minimum atomic E-state index is -3.18. The highest BCUT2D eigenvalue weighted by molar-refractivity contribution is 8.00. The fourth-order valence-electron chi connectivity index (χ4n) is 1.55. The van der Waals surface area contributed by atoms with Gasteiger partial charge in [0.1, 0.15) is 0 Å². The molecule has 2 rings (SSSR count). The van der Waals surface area contributed by atoms with Gasteiger partial charge in [-0.05, 0) is 17.7 Å². The van der Waals surface area contributed by atoms with Gasteiger partial charge in [0.25, 0.3) is 0 Å². The first-order chi connectivity index (χ1) is 7.58. The Bertz CT molecular complexity index is 469.